The Labute approximate surface area is 293 Å². The average Bonchev–Trinajstić information content (AvgIpc) is 3.47. The van der Waals surface area contributed by atoms with Gasteiger partial charge in [-0.1, -0.05) is 18.2 Å². The predicted molar refractivity (Wildman–Crippen MR) is 182 cm³/mol. The molecule has 3 heterocycles. The van der Waals surface area contributed by atoms with Gasteiger partial charge in [-0.15, -0.1) is 0 Å². The van der Waals surface area contributed by atoms with E-state index in [0.717, 1.165) is 24.5 Å². The number of likely N-dealkylation sites (tertiary alicyclic amines) is 1. The van der Waals surface area contributed by atoms with Crippen molar-refractivity contribution in [3.63, 3.8) is 0 Å². The number of aromatic nitrogens is 1. The number of fused-ring (bicyclic) bond motifs is 1. The van der Waals surface area contributed by atoms with E-state index in [9.17, 15) is 33.1 Å². The van der Waals surface area contributed by atoms with Crippen LogP contribution in [0, 0.1) is 0 Å². The number of aliphatic hydroxyl groups is 1. The second-order valence-electron chi connectivity index (χ2n) is 12.3. The zero-order valence-corrected chi connectivity index (χ0v) is 28.5. The highest BCUT2D eigenvalue weighted by Gasteiger charge is 2.51. The number of carbonyl (C=O) groups excluding carboxylic acids is 4. The molecule has 4 N–H and O–H groups in total. The standard InChI is InChI=1S/C35H42F2N6O8/c1-49-27-9-8-22(17-28(27)50-2)19-39-34(48)32(46)26-18-35(36,37)21-43(26)30(45)20-40-33(47)24-10-11-38-31-23(24)5-3-6-25(31)41-29(44)7-4-12-42-13-15-51-16-14-42/h3,5-6,8-11,17,26,32,46H,4,7,12-16,18-21H2,1-2H3,(H,39,48)(H,40,47)(H,41,44)/t26-,32?/m0/s1. The molecule has 16 heteroatoms. The van der Waals surface area contributed by atoms with Gasteiger partial charge in [0.25, 0.3) is 17.7 Å². The Hall–Kier alpha value is -4.93. The third-order valence-electron chi connectivity index (χ3n) is 8.85. The van der Waals surface area contributed by atoms with Gasteiger partial charge in [0.05, 0.1) is 63.3 Å². The van der Waals surface area contributed by atoms with Crippen LogP contribution in [0.1, 0.15) is 35.2 Å². The summed E-state index contributed by atoms with van der Waals surface area (Å²) in [7, 11) is 2.92. The minimum Gasteiger partial charge on any atom is -0.493 e. The van der Waals surface area contributed by atoms with Crippen LogP contribution in [-0.4, -0.2) is 122 Å². The van der Waals surface area contributed by atoms with Gasteiger partial charge < -0.3 is 40.2 Å². The van der Waals surface area contributed by atoms with Crippen LogP contribution < -0.4 is 25.4 Å². The van der Waals surface area contributed by atoms with Crippen LogP contribution in [0.3, 0.4) is 0 Å². The number of alkyl halides is 2. The lowest BCUT2D eigenvalue weighted by Gasteiger charge is -2.27. The van der Waals surface area contributed by atoms with Crippen LogP contribution in [-0.2, 0) is 25.7 Å². The van der Waals surface area contributed by atoms with Gasteiger partial charge in [0.1, 0.15) is 0 Å². The van der Waals surface area contributed by atoms with E-state index in [4.69, 9.17) is 14.2 Å². The minimum atomic E-state index is -3.36. The first-order chi connectivity index (χ1) is 24.5. The van der Waals surface area contributed by atoms with Crippen molar-refractivity contribution in [3.8, 4) is 11.5 Å². The number of hydrogen-bond acceptors (Lipinski definition) is 10. The molecule has 51 heavy (non-hydrogen) atoms. The monoisotopic (exact) mass is 712 g/mol. The highest BCUT2D eigenvalue weighted by molar-refractivity contribution is 6.10. The molecule has 2 saturated heterocycles. The number of pyridine rings is 1. The van der Waals surface area contributed by atoms with E-state index in [-0.39, 0.29) is 18.0 Å². The SMILES string of the molecule is COc1ccc(CNC(=O)C(O)[C@@H]2CC(F)(F)CN2C(=O)CNC(=O)c2ccnc3c(NC(=O)CCCN4CCOCC4)cccc23)cc1OC. The number of nitrogens with one attached hydrogen (secondary N) is 3. The van der Waals surface area contributed by atoms with Crippen molar-refractivity contribution in [1.29, 1.82) is 0 Å². The summed E-state index contributed by atoms with van der Waals surface area (Å²) in [6, 6.07) is 9.78. The number of benzene rings is 2. The van der Waals surface area contributed by atoms with Crippen LogP contribution in [0.15, 0.2) is 48.7 Å². The van der Waals surface area contributed by atoms with Gasteiger partial charge in [0, 0.05) is 44.1 Å². The molecule has 14 nitrogen and oxygen atoms in total. The van der Waals surface area contributed by atoms with Crippen molar-refractivity contribution in [1.82, 2.24) is 25.4 Å². The number of anilines is 1. The largest absolute Gasteiger partial charge is 0.493 e. The van der Waals surface area contributed by atoms with Crippen LogP contribution in [0.25, 0.3) is 10.9 Å². The first-order valence-corrected chi connectivity index (χ1v) is 16.6. The van der Waals surface area contributed by atoms with Gasteiger partial charge in [-0.25, -0.2) is 8.78 Å². The Kier molecular flexibility index (Phi) is 12.3. The first-order valence-electron chi connectivity index (χ1n) is 16.6. The van der Waals surface area contributed by atoms with Gasteiger partial charge in [-0.05, 0) is 42.8 Å². The first kappa shape index (κ1) is 37.3. The smallest absolute Gasteiger partial charge is 0.267 e. The van der Waals surface area contributed by atoms with Gasteiger partial charge in [0.15, 0.2) is 17.6 Å². The zero-order valence-electron chi connectivity index (χ0n) is 28.5. The molecule has 2 aromatic carbocycles. The fourth-order valence-corrected chi connectivity index (χ4v) is 6.19. The summed E-state index contributed by atoms with van der Waals surface area (Å²) < 4.78 is 44.9. The molecule has 0 spiro atoms. The second-order valence-corrected chi connectivity index (χ2v) is 12.3. The second kappa shape index (κ2) is 16.9. The molecule has 0 radical (unpaired) electrons. The highest BCUT2D eigenvalue weighted by Crippen LogP contribution is 2.34. The lowest BCUT2D eigenvalue weighted by Crippen LogP contribution is -2.51. The molecule has 2 atom stereocenters. The molecule has 1 unspecified atom stereocenters. The molecule has 2 aliphatic heterocycles. The Balaban J connectivity index is 1.18. The number of hydrogen-bond donors (Lipinski definition) is 4. The van der Waals surface area contributed by atoms with Crippen molar-refractivity contribution in [3.05, 3.63) is 59.8 Å². The van der Waals surface area contributed by atoms with E-state index in [1.54, 1.807) is 36.4 Å². The zero-order chi connectivity index (χ0) is 36.5. The molecule has 3 aromatic rings. The van der Waals surface area contributed by atoms with Crippen LogP contribution in [0.4, 0.5) is 14.5 Å². The van der Waals surface area contributed by atoms with E-state index in [1.165, 1.54) is 26.5 Å². The van der Waals surface area contributed by atoms with Crippen LogP contribution in [0.2, 0.25) is 0 Å². The van der Waals surface area contributed by atoms with E-state index in [0.29, 0.717) is 59.7 Å². The number of para-hydroxylation sites is 1. The fourth-order valence-electron chi connectivity index (χ4n) is 6.19. The molecule has 0 aliphatic carbocycles. The molecule has 0 saturated carbocycles. The van der Waals surface area contributed by atoms with E-state index in [2.05, 4.69) is 25.8 Å². The molecule has 2 fully saturated rings. The highest BCUT2D eigenvalue weighted by atomic mass is 19.3. The van der Waals surface area contributed by atoms with E-state index in [1.807, 2.05) is 0 Å². The number of ether oxygens (including phenoxy) is 3. The third kappa shape index (κ3) is 9.45. The van der Waals surface area contributed by atoms with Crippen molar-refractivity contribution in [2.75, 3.05) is 65.5 Å². The summed E-state index contributed by atoms with van der Waals surface area (Å²) in [6.45, 7) is 2.04. The number of carbonyl (C=O) groups is 4. The van der Waals surface area contributed by atoms with Gasteiger partial charge in [0.2, 0.25) is 11.8 Å². The Bertz CT molecular complexity index is 1740. The number of nitrogens with zero attached hydrogens (tertiary/aromatic N) is 3. The van der Waals surface area contributed by atoms with E-state index >= 15 is 0 Å². The van der Waals surface area contributed by atoms with Crippen molar-refractivity contribution in [2.24, 2.45) is 0 Å². The number of halogens is 2. The maximum Gasteiger partial charge on any atom is 0.267 e. The molecule has 5 rings (SSSR count). The average molecular weight is 713 g/mol. The van der Waals surface area contributed by atoms with Crippen LogP contribution >= 0.6 is 0 Å². The van der Waals surface area contributed by atoms with Crippen molar-refractivity contribution < 1.29 is 47.3 Å². The maximum absolute atomic E-state index is 14.6. The lowest BCUT2D eigenvalue weighted by molar-refractivity contribution is -0.139. The Morgan fingerprint density at radius 2 is 1.82 bits per heavy atom. The molecule has 4 amide bonds. The number of amides is 4. The molecule has 0 bridgehead atoms. The summed E-state index contributed by atoms with van der Waals surface area (Å²) in [5, 5.41) is 19.0. The Morgan fingerprint density at radius 3 is 2.57 bits per heavy atom. The number of methoxy groups -OCH3 is 2. The Morgan fingerprint density at radius 1 is 1.06 bits per heavy atom. The third-order valence-corrected chi connectivity index (χ3v) is 8.85. The van der Waals surface area contributed by atoms with Gasteiger partial charge >= 0.3 is 0 Å². The van der Waals surface area contributed by atoms with Crippen molar-refractivity contribution in [2.45, 2.75) is 43.9 Å². The molecular formula is C35H42F2N6O8. The summed E-state index contributed by atoms with van der Waals surface area (Å²) in [5.74, 6) is -5.21. The number of rotatable bonds is 14. The number of morpholine rings is 1. The van der Waals surface area contributed by atoms with Gasteiger partial charge in [-0.3, -0.25) is 29.1 Å². The molecule has 1 aromatic heterocycles. The maximum atomic E-state index is 14.6. The van der Waals surface area contributed by atoms with E-state index < -0.39 is 55.3 Å². The topological polar surface area (TPSA) is 172 Å². The normalized spacial score (nSPS) is 17.8. The van der Waals surface area contributed by atoms with Crippen molar-refractivity contribution >= 4 is 40.2 Å². The summed E-state index contributed by atoms with van der Waals surface area (Å²) >= 11 is 0. The van der Waals surface area contributed by atoms with Crippen LogP contribution in [0.5, 0.6) is 11.5 Å². The minimum absolute atomic E-state index is 0.0520. The quantitative estimate of drug-likeness (QED) is 0.194. The molecule has 2 aliphatic rings. The summed E-state index contributed by atoms with van der Waals surface area (Å²) in [4.78, 5) is 59.3. The molecule has 274 valence electrons. The summed E-state index contributed by atoms with van der Waals surface area (Å²) in [5.41, 5.74) is 1.52. The van der Waals surface area contributed by atoms with Gasteiger partial charge in [-0.2, -0.15) is 0 Å². The fraction of sp³-hybridized carbons (Fsp3) is 0.457. The predicted octanol–water partition coefficient (Wildman–Crippen LogP) is 1.95. The lowest BCUT2D eigenvalue weighted by atomic mass is 10.1. The number of aliphatic hydroxyl groups excluding tert-OH is 1. The molecular weight excluding hydrogens is 670 g/mol. The summed E-state index contributed by atoms with van der Waals surface area (Å²) in [6.07, 6.45) is -0.553.